The number of hydrogen-bond donors (Lipinski definition) is 1. The van der Waals surface area contributed by atoms with Crippen LogP contribution in [0.2, 0.25) is 0 Å². The number of amides is 1. The van der Waals surface area contributed by atoms with E-state index in [4.69, 9.17) is 10.5 Å². The van der Waals surface area contributed by atoms with E-state index >= 15 is 0 Å². The lowest BCUT2D eigenvalue weighted by molar-refractivity contribution is 0.0989. The van der Waals surface area contributed by atoms with Crippen LogP contribution >= 0.6 is 22.6 Å². The molecule has 0 unspecified atom stereocenters. The Balaban J connectivity index is 2.13. The maximum absolute atomic E-state index is 13.0. The maximum Gasteiger partial charge on any atom is 0.277 e. The quantitative estimate of drug-likeness (QED) is 0.641. The number of anilines is 2. The number of nitrogen functional groups attached to an aromatic ring is 1. The lowest BCUT2D eigenvalue weighted by Gasteiger charge is -2.20. The van der Waals surface area contributed by atoms with Crippen LogP contribution in [-0.4, -0.2) is 30.0 Å². The molecule has 7 heteroatoms. The first-order valence-corrected chi connectivity index (χ1v) is 8.23. The van der Waals surface area contributed by atoms with Crippen molar-refractivity contribution in [1.29, 1.82) is 0 Å². The molecule has 1 heterocycles. The number of fused-ring (bicyclic) bond motifs is 1. The number of nitrogens with zero attached hydrogens (tertiary/aromatic N) is 3. The van der Waals surface area contributed by atoms with Crippen LogP contribution in [0.15, 0.2) is 42.5 Å². The monoisotopic (exact) mass is 434 g/mol. The van der Waals surface area contributed by atoms with E-state index in [-0.39, 0.29) is 17.5 Å². The molecule has 0 aliphatic heterocycles. The van der Waals surface area contributed by atoms with Gasteiger partial charge >= 0.3 is 0 Å². The van der Waals surface area contributed by atoms with E-state index in [1.54, 1.807) is 20.2 Å². The second-order valence-electron chi connectivity index (χ2n) is 5.13. The van der Waals surface area contributed by atoms with Crippen molar-refractivity contribution in [3.8, 4) is 5.75 Å². The highest BCUT2D eigenvalue weighted by atomic mass is 127. The Hall–Kier alpha value is -2.42. The van der Waals surface area contributed by atoms with Crippen LogP contribution in [0.4, 0.5) is 11.6 Å². The molecule has 3 aromatic rings. The molecule has 1 aromatic heterocycles. The molecular weight excluding hydrogens is 419 g/mol. The lowest BCUT2D eigenvalue weighted by atomic mass is 10.1. The molecule has 0 saturated heterocycles. The molecular formula is C17H15IN4O2. The van der Waals surface area contributed by atoms with Gasteiger partial charge in [0.15, 0.2) is 0 Å². The summed E-state index contributed by atoms with van der Waals surface area (Å²) in [5, 5.41) is 0.669. The molecule has 2 N–H and O–H groups in total. The zero-order valence-electron chi connectivity index (χ0n) is 13.2. The van der Waals surface area contributed by atoms with E-state index < -0.39 is 0 Å². The second-order valence-corrected chi connectivity index (χ2v) is 6.37. The summed E-state index contributed by atoms with van der Waals surface area (Å²) in [6.07, 6.45) is 0. The van der Waals surface area contributed by atoms with Crippen molar-refractivity contribution < 1.29 is 9.53 Å². The molecule has 0 atom stereocenters. The van der Waals surface area contributed by atoms with Crippen molar-refractivity contribution in [2.45, 2.75) is 0 Å². The molecule has 24 heavy (non-hydrogen) atoms. The average Bonchev–Trinajstić information content (AvgIpc) is 2.60. The van der Waals surface area contributed by atoms with E-state index in [2.05, 4.69) is 32.6 Å². The van der Waals surface area contributed by atoms with E-state index in [1.165, 1.54) is 4.90 Å². The number of carbonyl (C=O) groups is 1. The van der Waals surface area contributed by atoms with Crippen molar-refractivity contribution in [3.05, 3.63) is 51.7 Å². The first-order chi connectivity index (χ1) is 11.5. The Morgan fingerprint density at radius 1 is 1.21 bits per heavy atom. The summed E-state index contributed by atoms with van der Waals surface area (Å²) >= 11 is 2.19. The number of carbonyl (C=O) groups excluding carboxylic acids is 1. The van der Waals surface area contributed by atoms with Crippen LogP contribution in [-0.2, 0) is 0 Å². The summed E-state index contributed by atoms with van der Waals surface area (Å²) in [7, 11) is 3.25. The van der Waals surface area contributed by atoms with Crippen molar-refractivity contribution in [1.82, 2.24) is 9.97 Å². The van der Waals surface area contributed by atoms with E-state index in [0.717, 1.165) is 3.57 Å². The fraction of sp³-hybridized carbons (Fsp3) is 0.118. The predicted octanol–water partition coefficient (Wildman–Crippen LogP) is 3.10. The smallest absolute Gasteiger partial charge is 0.277 e. The van der Waals surface area contributed by atoms with Gasteiger partial charge in [-0.3, -0.25) is 4.79 Å². The molecule has 6 nitrogen and oxygen atoms in total. The normalized spacial score (nSPS) is 10.6. The number of rotatable bonds is 3. The Kier molecular flexibility index (Phi) is 4.52. The number of ether oxygens (including phenoxy) is 1. The molecule has 0 fully saturated rings. The van der Waals surface area contributed by atoms with Crippen molar-refractivity contribution in [2.75, 3.05) is 24.8 Å². The number of aromatic nitrogens is 2. The molecule has 0 radical (unpaired) electrons. The summed E-state index contributed by atoms with van der Waals surface area (Å²) in [6.45, 7) is 0. The van der Waals surface area contributed by atoms with E-state index in [0.29, 0.717) is 22.3 Å². The molecule has 3 rings (SSSR count). The molecule has 0 aliphatic rings. The van der Waals surface area contributed by atoms with Gasteiger partial charge in [0.05, 0.1) is 18.3 Å². The highest BCUT2D eigenvalue weighted by Gasteiger charge is 2.21. The molecule has 0 saturated carbocycles. The molecule has 1 amide bonds. The van der Waals surface area contributed by atoms with Crippen molar-refractivity contribution in [3.63, 3.8) is 0 Å². The van der Waals surface area contributed by atoms with Crippen LogP contribution in [0, 0.1) is 3.57 Å². The third-order valence-electron chi connectivity index (χ3n) is 3.63. The Morgan fingerprint density at radius 2 is 1.96 bits per heavy atom. The number of nitrogens with two attached hydrogens (primary N) is 1. The summed E-state index contributed by atoms with van der Waals surface area (Å²) in [5.74, 6) is 0.398. The minimum Gasteiger partial charge on any atom is -0.495 e. The minimum atomic E-state index is -0.277. The van der Waals surface area contributed by atoms with Gasteiger partial charge in [0.25, 0.3) is 5.91 Å². The van der Waals surface area contributed by atoms with Gasteiger partial charge in [-0.1, -0.05) is 12.1 Å². The van der Waals surface area contributed by atoms with E-state index in [1.807, 2.05) is 36.4 Å². The van der Waals surface area contributed by atoms with Crippen LogP contribution in [0.25, 0.3) is 10.9 Å². The molecule has 0 bridgehead atoms. The number of benzene rings is 2. The molecule has 122 valence electrons. The van der Waals surface area contributed by atoms with E-state index in [9.17, 15) is 4.79 Å². The Bertz CT molecular complexity index is 930. The number of halogens is 1. The van der Waals surface area contributed by atoms with Gasteiger partial charge in [0.1, 0.15) is 11.4 Å². The first-order valence-electron chi connectivity index (χ1n) is 7.15. The third-order valence-corrected chi connectivity index (χ3v) is 4.30. The van der Waals surface area contributed by atoms with Crippen molar-refractivity contribution >= 4 is 51.0 Å². The van der Waals surface area contributed by atoms with Crippen molar-refractivity contribution in [2.24, 2.45) is 0 Å². The zero-order chi connectivity index (χ0) is 17.3. The highest BCUT2D eigenvalue weighted by Crippen LogP contribution is 2.29. The van der Waals surface area contributed by atoms with Gasteiger partial charge in [-0.05, 0) is 52.9 Å². The summed E-state index contributed by atoms with van der Waals surface area (Å²) in [6, 6.07) is 12.9. The number of para-hydroxylation sites is 2. The number of methoxy groups -OCH3 is 1. The van der Waals surface area contributed by atoms with Gasteiger partial charge in [0, 0.05) is 16.0 Å². The fourth-order valence-electron chi connectivity index (χ4n) is 2.46. The van der Waals surface area contributed by atoms with Gasteiger partial charge in [-0.15, -0.1) is 0 Å². The summed E-state index contributed by atoms with van der Waals surface area (Å²) < 4.78 is 6.32. The van der Waals surface area contributed by atoms with Crippen LogP contribution < -0.4 is 15.4 Å². The van der Waals surface area contributed by atoms with Crippen LogP contribution in [0.3, 0.4) is 0 Å². The maximum atomic E-state index is 13.0. The Morgan fingerprint density at radius 3 is 2.71 bits per heavy atom. The summed E-state index contributed by atoms with van der Waals surface area (Å²) in [5.41, 5.74) is 7.34. The topological polar surface area (TPSA) is 81.3 Å². The molecule has 0 aliphatic carbocycles. The average molecular weight is 434 g/mol. The second kappa shape index (κ2) is 6.60. The molecule has 2 aromatic carbocycles. The van der Waals surface area contributed by atoms with Gasteiger partial charge in [0.2, 0.25) is 5.95 Å². The van der Waals surface area contributed by atoms with Gasteiger partial charge in [-0.2, -0.15) is 0 Å². The minimum absolute atomic E-state index is 0.0699. The third kappa shape index (κ3) is 2.99. The van der Waals surface area contributed by atoms with Crippen LogP contribution in [0.1, 0.15) is 10.5 Å². The summed E-state index contributed by atoms with van der Waals surface area (Å²) in [4.78, 5) is 22.9. The predicted molar refractivity (Wildman–Crippen MR) is 102 cm³/mol. The largest absolute Gasteiger partial charge is 0.495 e. The standard InChI is InChI=1S/C17H15IN4O2/c1-22(13-5-3-4-6-14(13)24-2)16(23)15-11-9-10(18)7-8-12(11)20-17(19)21-15/h3-9H,1-2H3,(H2,19,20,21). The SMILES string of the molecule is COc1ccccc1N(C)C(=O)c1nc(N)nc2ccc(I)cc12. The Labute approximate surface area is 152 Å². The van der Waals surface area contributed by atoms with Gasteiger partial charge < -0.3 is 15.4 Å². The van der Waals surface area contributed by atoms with Gasteiger partial charge in [-0.25, -0.2) is 9.97 Å². The zero-order valence-corrected chi connectivity index (χ0v) is 15.3. The van der Waals surface area contributed by atoms with Crippen LogP contribution in [0.5, 0.6) is 5.75 Å². The fourth-order valence-corrected chi connectivity index (χ4v) is 2.95. The lowest BCUT2D eigenvalue weighted by Crippen LogP contribution is -2.28. The molecule has 0 spiro atoms. The highest BCUT2D eigenvalue weighted by molar-refractivity contribution is 14.1. The first kappa shape index (κ1) is 16.4. The number of hydrogen-bond acceptors (Lipinski definition) is 5.